The molecule has 24 heavy (non-hydrogen) atoms. The minimum atomic E-state index is -3.02. The molecule has 1 aromatic rings. The van der Waals surface area contributed by atoms with Gasteiger partial charge in [-0.15, -0.1) is 0 Å². The van der Waals surface area contributed by atoms with Crippen LogP contribution in [-0.4, -0.2) is 64.1 Å². The molecule has 8 heteroatoms. The van der Waals surface area contributed by atoms with Crippen molar-refractivity contribution in [2.45, 2.75) is 19.1 Å². The summed E-state index contributed by atoms with van der Waals surface area (Å²) in [4.78, 5) is 6.26. The lowest BCUT2D eigenvalue weighted by molar-refractivity contribution is -0.0604. The summed E-state index contributed by atoms with van der Waals surface area (Å²) in [5.41, 5.74) is 0.902. The van der Waals surface area contributed by atoms with Crippen LogP contribution in [0.3, 0.4) is 0 Å². The third-order valence-corrected chi connectivity index (χ3v) is 4.72. The number of rotatable bonds is 4. The van der Waals surface area contributed by atoms with E-state index >= 15 is 0 Å². The van der Waals surface area contributed by atoms with E-state index in [1.165, 1.54) is 18.4 Å². The van der Waals surface area contributed by atoms with Crippen molar-refractivity contribution in [3.05, 3.63) is 35.6 Å². The number of ether oxygens (including phenoxy) is 1. The Morgan fingerprint density at radius 2 is 2.04 bits per heavy atom. The lowest BCUT2D eigenvalue weighted by Crippen LogP contribution is -2.51. The molecule has 134 valence electrons. The van der Waals surface area contributed by atoms with Crippen LogP contribution < -0.4 is 5.32 Å². The van der Waals surface area contributed by atoms with Crippen LogP contribution in [0.1, 0.15) is 18.6 Å². The molecule has 1 heterocycles. The maximum Gasteiger partial charge on any atom is 0.193 e. The Bertz CT molecular complexity index is 676. The normalized spacial score (nSPS) is 22.5. The molecular weight excluding hydrogens is 333 g/mol. The SMILES string of the molecule is CN=C(NCCS(C)(=O)=O)N1CC(C)OC(c2ccc(F)cc2)C1. The summed E-state index contributed by atoms with van der Waals surface area (Å²) in [7, 11) is -1.36. The van der Waals surface area contributed by atoms with E-state index in [1.54, 1.807) is 19.2 Å². The number of aliphatic imine (C=N–C) groups is 1. The van der Waals surface area contributed by atoms with E-state index in [4.69, 9.17) is 4.74 Å². The van der Waals surface area contributed by atoms with Gasteiger partial charge in [-0.2, -0.15) is 0 Å². The highest BCUT2D eigenvalue weighted by molar-refractivity contribution is 7.90. The van der Waals surface area contributed by atoms with E-state index < -0.39 is 9.84 Å². The van der Waals surface area contributed by atoms with Crippen molar-refractivity contribution in [1.29, 1.82) is 0 Å². The lowest BCUT2D eigenvalue weighted by atomic mass is 10.1. The molecule has 0 aliphatic carbocycles. The van der Waals surface area contributed by atoms with Gasteiger partial charge in [-0.25, -0.2) is 12.8 Å². The van der Waals surface area contributed by atoms with Crippen LogP contribution in [0.2, 0.25) is 0 Å². The highest BCUT2D eigenvalue weighted by Crippen LogP contribution is 2.25. The van der Waals surface area contributed by atoms with Crippen LogP contribution in [0.15, 0.2) is 29.3 Å². The molecule has 1 saturated heterocycles. The smallest absolute Gasteiger partial charge is 0.193 e. The Balaban J connectivity index is 2.04. The van der Waals surface area contributed by atoms with Crippen molar-refractivity contribution < 1.29 is 17.5 Å². The first-order valence-electron chi connectivity index (χ1n) is 7.82. The third-order valence-electron chi connectivity index (χ3n) is 3.77. The average Bonchev–Trinajstić information content (AvgIpc) is 2.50. The Labute approximate surface area is 142 Å². The molecule has 0 bridgehead atoms. The van der Waals surface area contributed by atoms with Crippen molar-refractivity contribution >= 4 is 15.8 Å². The highest BCUT2D eigenvalue weighted by Gasteiger charge is 2.28. The first-order chi connectivity index (χ1) is 11.3. The summed E-state index contributed by atoms with van der Waals surface area (Å²) in [6, 6.07) is 6.27. The number of sulfone groups is 1. The quantitative estimate of drug-likeness (QED) is 0.648. The number of halogens is 1. The molecule has 1 N–H and O–H groups in total. The van der Waals surface area contributed by atoms with E-state index in [0.29, 0.717) is 25.6 Å². The average molecular weight is 357 g/mol. The summed E-state index contributed by atoms with van der Waals surface area (Å²) in [5.74, 6) is 0.409. The number of benzene rings is 1. The molecule has 2 unspecified atom stereocenters. The van der Waals surface area contributed by atoms with E-state index in [-0.39, 0.29) is 23.8 Å². The summed E-state index contributed by atoms with van der Waals surface area (Å²) in [6.45, 7) is 3.48. The van der Waals surface area contributed by atoms with Crippen LogP contribution in [-0.2, 0) is 14.6 Å². The zero-order chi connectivity index (χ0) is 17.7. The van der Waals surface area contributed by atoms with Gasteiger partial charge in [0.15, 0.2) is 5.96 Å². The summed E-state index contributed by atoms with van der Waals surface area (Å²) >= 11 is 0. The van der Waals surface area contributed by atoms with Gasteiger partial charge in [-0.1, -0.05) is 12.1 Å². The first kappa shape index (κ1) is 18.7. The fourth-order valence-corrected chi connectivity index (χ4v) is 3.14. The zero-order valence-electron chi connectivity index (χ0n) is 14.2. The fraction of sp³-hybridized carbons (Fsp3) is 0.562. The summed E-state index contributed by atoms with van der Waals surface area (Å²) in [6.07, 6.45) is 0.990. The number of hydrogen-bond donors (Lipinski definition) is 1. The molecule has 0 saturated carbocycles. The predicted octanol–water partition coefficient (Wildman–Crippen LogP) is 1.21. The van der Waals surface area contributed by atoms with Gasteiger partial charge in [-0.3, -0.25) is 4.99 Å². The van der Waals surface area contributed by atoms with Gasteiger partial charge in [0, 0.05) is 26.4 Å². The minimum Gasteiger partial charge on any atom is -0.367 e. The zero-order valence-corrected chi connectivity index (χ0v) is 15.0. The van der Waals surface area contributed by atoms with Gasteiger partial charge in [0.25, 0.3) is 0 Å². The van der Waals surface area contributed by atoms with Gasteiger partial charge < -0.3 is 15.0 Å². The van der Waals surface area contributed by atoms with Crippen molar-refractivity contribution in [3.8, 4) is 0 Å². The van der Waals surface area contributed by atoms with Crippen LogP contribution >= 0.6 is 0 Å². The molecule has 2 rings (SSSR count). The van der Waals surface area contributed by atoms with Crippen molar-refractivity contribution in [1.82, 2.24) is 10.2 Å². The van der Waals surface area contributed by atoms with Gasteiger partial charge in [0.2, 0.25) is 0 Å². The fourth-order valence-electron chi connectivity index (χ4n) is 2.67. The molecule has 0 radical (unpaired) electrons. The van der Waals surface area contributed by atoms with Crippen LogP contribution in [0.5, 0.6) is 0 Å². The van der Waals surface area contributed by atoms with Gasteiger partial charge in [0.05, 0.1) is 18.4 Å². The number of nitrogens with zero attached hydrogens (tertiary/aromatic N) is 2. The molecule has 2 atom stereocenters. The lowest BCUT2D eigenvalue weighted by Gasteiger charge is -2.38. The molecule has 0 spiro atoms. The van der Waals surface area contributed by atoms with Gasteiger partial charge in [0.1, 0.15) is 21.8 Å². The molecular formula is C16H24FN3O3S. The third kappa shape index (κ3) is 5.45. The Hall–Kier alpha value is -1.67. The topological polar surface area (TPSA) is 71.0 Å². The van der Waals surface area contributed by atoms with Crippen LogP contribution in [0.25, 0.3) is 0 Å². The van der Waals surface area contributed by atoms with Gasteiger partial charge >= 0.3 is 0 Å². The monoisotopic (exact) mass is 357 g/mol. The summed E-state index contributed by atoms with van der Waals surface area (Å²) in [5, 5.41) is 3.08. The van der Waals surface area contributed by atoms with Crippen LogP contribution in [0, 0.1) is 5.82 Å². The molecule has 6 nitrogen and oxygen atoms in total. The second kappa shape index (κ2) is 7.94. The Morgan fingerprint density at radius 1 is 1.38 bits per heavy atom. The maximum atomic E-state index is 13.1. The van der Waals surface area contributed by atoms with E-state index in [0.717, 1.165) is 5.56 Å². The molecule has 1 aliphatic heterocycles. The maximum absolute atomic E-state index is 13.1. The second-order valence-corrected chi connectivity index (χ2v) is 8.26. The van der Waals surface area contributed by atoms with Gasteiger partial charge in [-0.05, 0) is 24.6 Å². The first-order valence-corrected chi connectivity index (χ1v) is 9.89. The minimum absolute atomic E-state index is 0.0257. The molecule has 1 aromatic carbocycles. The van der Waals surface area contributed by atoms with E-state index in [1.807, 2.05) is 11.8 Å². The second-order valence-electron chi connectivity index (χ2n) is 6.00. The molecule has 0 amide bonds. The van der Waals surface area contributed by atoms with Crippen molar-refractivity contribution in [3.63, 3.8) is 0 Å². The van der Waals surface area contributed by atoms with E-state index in [9.17, 15) is 12.8 Å². The number of guanidine groups is 1. The number of hydrogen-bond acceptors (Lipinski definition) is 4. The molecule has 1 fully saturated rings. The Kier molecular flexibility index (Phi) is 6.17. The van der Waals surface area contributed by atoms with E-state index in [2.05, 4.69) is 10.3 Å². The molecule has 1 aliphatic rings. The largest absolute Gasteiger partial charge is 0.367 e. The molecule has 0 aromatic heterocycles. The Morgan fingerprint density at radius 3 is 2.62 bits per heavy atom. The summed E-state index contributed by atoms with van der Waals surface area (Å²) < 4.78 is 41.5. The number of nitrogens with one attached hydrogen (secondary N) is 1. The van der Waals surface area contributed by atoms with Crippen LogP contribution in [0.4, 0.5) is 4.39 Å². The highest BCUT2D eigenvalue weighted by atomic mass is 32.2. The number of morpholine rings is 1. The standard InChI is InChI=1S/C16H24FN3O3S/c1-12-10-20(16(18-2)19-8-9-24(3,21)22)11-15(23-12)13-4-6-14(17)7-5-13/h4-7,12,15H,8-11H2,1-3H3,(H,18,19). The van der Waals surface area contributed by atoms with Crippen molar-refractivity contribution in [2.75, 3.05) is 38.7 Å². The predicted molar refractivity (Wildman–Crippen MR) is 92.3 cm³/mol. The van der Waals surface area contributed by atoms with Crippen molar-refractivity contribution in [2.24, 2.45) is 4.99 Å².